The van der Waals surface area contributed by atoms with Gasteiger partial charge in [0.2, 0.25) is 17.7 Å². The number of nitrogens with one attached hydrogen (secondary N) is 1. The second-order valence-electron chi connectivity index (χ2n) is 5.15. The summed E-state index contributed by atoms with van der Waals surface area (Å²) in [5.74, 6) is 1.49. The fourth-order valence-corrected chi connectivity index (χ4v) is 2.36. The Morgan fingerprint density at radius 2 is 2.26 bits per heavy atom. The van der Waals surface area contributed by atoms with Crippen LogP contribution in [-0.4, -0.2) is 34.3 Å². The number of amides is 2. The molecule has 1 saturated carbocycles. The monoisotopic (exact) mass is 263 g/mol. The molecule has 0 bridgehead atoms. The van der Waals surface area contributed by atoms with Crippen LogP contribution >= 0.6 is 0 Å². The lowest BCUT2D eigenvalue weighted by Crippen LogP contribution is -2.58. The zero-order chi connectivity index (χ0) is 13.4. The summed E-state index contributed by atoms with van der Waals surface area (Å²) < 4.78 is 5.49. The molecule has 1 atom stereocenters. The Bertz CT molecular complexity index is 507. The molecule has 2 heterocycles. The van der Waals surface area contributed by atoms with Crippen LogP contribution in [0.15, 0.2) is 10.6 Å². The molecule has 1 unspecified atom stereocenters. The highest BCUT2D eigenvalue weighted by Gasteiger charge is 2.42. The van der Waals surface area contributed by atoms with Gasteiger partial charge in [0.1, 0.15) is 18.3 Å². The number of nitrogens with zero attached hydrogens (tertiary/aromatic N) is 2. The third kappa shape index (κ3) is 2.47. The lowest BCUT2D eigenvalue weighted by molar-refractivity contribution is -0.145. The van der Waals surface area contributed by atoms with Crippen LogP contribution in [0.1, 0.15) is 31.4 Å². The molecule has 0 radical (unpaired) electrons. The quantitative estimate of drug-likeness (QED) is 0.857. The molecule has 1 aromatic heterocycles. The molecule has 3 rings (SSSR count). The Balaban J connectivity index is 1.71. The molecule has 1 aromatic rings. The molecule has 2 amide bonds. The van der Waals surface area contributed by atoms with Crippen molar-refractivity contribution in [3.63, 3.8) is 0 Å². The molecular formula is C13H17N3O3. The molecule has 0 aromatic carbocycles. The number of hydrogen-bond donors (Lipinski definition) is 1. The van der Waals surface area contributed by atoms with Crippen LogP contribution in [0.2, 0.25) is 0 Å². The molecule has 6 nitrogen and oxygen atoms in total. The molecule has 6 heteroatoms. The third-order valence-electron chi connectivity index (χ3n) is 3.60. The summed E-state index contributed by atoms with van der Waals surface area (Å²) in [6.07, 6.45) is 4.47. The Labute approximate surface area is 111 Å². The highest BCUT2D eigenvalue weighted by atomic mass is 16.4. The Morgan fingerprint density at radius 1 is 1.47 bits per heavy atom. The van der Waals surface area contributed by atoms with E-state index in [4.69, 9.17) is 4.42 Å². The maximum absolute atomic E-state index is 12.3. The fraction of sp³-hybridized carbons (Fsp3) is 0.615. The maximum atomic E-state index is 12.3. The Hall–Kier alpha value is -1.85. The molecule has 1 saturated heterocycles. The van der Waals surface area contributed by atoms with E-state index in [1.165, 1.54) is 4.90 Å². The molecule has 19 heavy (non-hydrogen) atoms. The molecule has 1 aliphatic heterocycles. The van der Waals surface area contributed by atoms with E-state index in [1.807, 2.05) is 6.92 Å². The maximum Gasteiger partial charge on any atom is 0.246 e. The summed E-state index contributed by atoms with van der Waals surface area (Å²) in [5, 5.41) is 2.78. The predicted octanol–water partition coefficient (Wildman–Crippen LogP) is 0.474. The largest absolute Gasteiger partial charge is 0.444 e. The topological polar surface area (TPSA) is 75.4 Å². The van der Waals surface area contributed by atoms with Crippen LogP contribution in [0.5, 0.6) is 0 Å². The number of rotatable bonds is 4. The van der Waals surface area contributed by atoms with Crippen LogP contribution in [0.3, 0.4) is 0 Å². The minimum absolute atomic E-state index is 0.0154. The second-order valence-corrected chi connectivity index (χ2v) is 5.15. The minimum atomic E-state index is -0.346. The van der Waals surface area contributed by atoms with Crippen molar-refractivity contribution in [2.24, 2.45) is 5.92 Å². The standard InChI is InChI=1S/C13H17N3O3/c1-2-9-5-14-11(19-9)7-16-6-10(17)15-12(13(16)18)8-3-4-8/h5,8,12H,2-4,6-7H2,1H3,(H,15,17). The first-order valence-electron chi connectivity index (χ1n) is 6.69. The van der Waals surface area contributed by atoms with Gasteiger partial charge >= 0.3 is 0 Å². The van der Waals surface area contributed by atoms with Crippen LogP contribution in [0, 0.1) is 5.92 Å². The minimum Gasteiger partial charge on any atom is -0.444 e. The zero-order valence-electron chi connectivity index (χ0n) is 10.9. The summed E-state index contributed by atoms with van der Waals surface area (Å²) in [6.45, 7) is 2.34. The van der Waals surface area contributed by atoms with Crippen molar-refractivity contribution in [2.75, 3.05) is 6.54 Å². The van der Waals surface area contributed by atoms with E-state index < -0.39 is 0 Å². The van der Waals surface area contributed by atoms with Crippen LogP contribution in [-0.2, 0) is 22.6 Å². The molecule has 1 aliphatic carbocycles. The highest BCUT2D eigenvalue weighted by Crippen LogP contribution is 2.34. The number of aryl methyl sites for hydroxylation is 1. The highest BCUT2D eigenvalue weighted by molar-refractivity contribution is 5.95. The van der Waals surface area contributed by atoms with Crippen LogP contribution in [0.25, 0.3) is 0 Å². The van der Waals surface area contributed by atoms with Gasteiger partial charge in [-0.3, -0.25) is 9.59 Å². The Kier molecular flexibility index (Phi) is 3.00. The average Bonchev–Trinajstić information content (AvgIpc) is 3.13. The smallest absolute Gasteiger partial charge is 0.246 e. The molecule has 0 spiro atoms. The second kappa shape index (κ2) is 4.68. The number of piperazine rings is 1. The summed E-state index contributed by atoms with van der Waals surface area (Å²) in [4.78, 5) is 29.6. The van der Waals surface area contributed by atoms with Crippen LogP contribution < -0.4 is 5.32 Å². The fourth-order valence-electron chi connectivity index (χ4n) is 2.36. The molecule has 102 valence electrons. The van der Waals surface area contributed by atoms with Gasteiger partial charge in [0.15, 0.2) is 0 Å². The van der Waals surface area contributed by atoms with Gasteiger partial charge in [-0.1, -0.05) is 6.92 Å². The zero-order valence-corrected chi connectivity index (χ0v) is 10.9. The van der Waals surface area contributed by atoms with E-state index >= 15 is 0 Å². The Morgan fingerprint density at radius 3 is 2.89 bits per heavy atom. The van der Waals surface area contributed by atoms with Gasteiger partial charge in [-0.05, 0) is 18.8 Å². The number of carbonyl (C=O) groups excluding carboxylic acids is 2. The summed E-state index contributed by atoms with van der Waals surface area (Å²) in [6, 6.07) is -0.346. The average molecular weight is 263 g/mol. The van der Waals surface area contributed by atoms with E-state index in [-0.39, 0.29) is 30.9 Å². The number of hydrogen-bond acceptors (Lipinski definition) is 4. The van der Waals surface area contributed by atoms with E-state index in [0.717, 1.165) is 25.0 Å². The van der Waals surface area contributed by atoms with Gasteiger partial charge in [0.05, 0.1) is 12.7 Å². The van der Waals surface area contributed by atoms with Gasteiger partial charge in [-0.15, -0.1) is 0 Å². The molecule has 1 N–H and O–H groups in total. The van der Waals surface area contributed by atoms with E-state index in [9.17, 15) is 9.59 Å². The van der Waals surface area contributed by atoms with Gasteiger partial charge in [0, 0.05) is 6.42 Å². The first kappa shape index (κ1) is 12.2. The predicted molar refractivity (Wildman–Crippen MR) is 66.0 cm³/mol. The van der Waals surface area contributed by atoms with Crippen molar-refractivity contribution < 1.29 is 14.0 Å². The molecule has 2 fully saturated rings. The lowest BCUT2D eigenvalue weighted by Gasteiger charge is -2.31. The van der Waals surface area contributed by atoms with Gasteiger partial charge in [-0.2, -0.15) is 0 Å². The molecule has 2 aliphatic rings. The third-order valence-corrected chi connectivity index (χ3v) is 3.60. The number of aromatic nitrogens is 1. The normalized spacial score (nSPS) is 23.6. The lowest BCUT2D eigenvalue weighted by atomic mass is 10.1. The van der Waals surface area contributed by atoms with Crippen molar-refractivity contribution >= 4 is 11.8 Å². The van der Waals surface area contributed by atoms with Crippen molar-refractivity contribution in [1.29, 1.82) is 0 Å². The number of carbonyl (C=O) groups is 2. The first-order chi connectivity index (χ1) is 9.17. The van der Waals surface area contributed by atoms with Gasteiger partial charge in [0.25, 0.3) is 0 Å². The van der Waals surface area contributed by atoms with Crippen LogP contribution in [0.4, 0.5) is 0 Å². The number of oxazole rings is 1. The van der Waals surface area contributed by atoms with Gasteiger partial charge < -0.3 is 14.6 Å². The van der Waals surface area contributed by atoms with Crippen molar-refractivity contribution in [2.45, 2.75) is 38.8 Å². The van der Waals surface area contributed by atoms with Gasteiger partial charge in [-0.25, -0.2) is 4.98 Å². The summed E-state index contributed by atoms with van der Waals surface area (Å²) >= 11 is 0. The van der Waals surface area contributed by atoms with Crippen molar-refractivity contribution in [1.82, 2.24) is 15.2 Å². The van der Waals surface area contributed by atoms with E-state index in [2.05, 4.69) is 10.3 Å². The SMILES string of the molecule is CCc1cnc(CN2CC(=O)NC(C3CC3)C2=O)o1. The summed E-state index contributed by atoms with van der Waals surface area (Å²) in [7, 11) is 0. The first-order valence-corrected chi connectivity index (χ1v) is 6.69. The summed E-state index contributed by atoms with van der Waals surface area (Å²) in [5.41, 5.74) is 0. The van der Waals surface area contributed by atoms with Crippen molar-refractivity contribution in [3.05, 3.63) is 17.8 Å². The molecular weight excluding hydrogens is 246 g/mol. The van der Waals surface area contributed by atoms with Crippen molar-refractivity contribution in [3.8, 4) is 0 Å². The van der Waals surface area contributed by atoms with E-state index in [1.54, 1.807) is 6.20 Å². The van der Waals surface area contributed by atoms with E-state index in [0.29, 0.717) is 11.8 Å².